The lowest BCUT2D eigenvalue weighted by Crippen LogP contribution is -2.21. The van der Waals surface area contributed by atoms with Crippen molar-refractivity contribution < 1.29 is 17.2 Å². The lowest BCUT2D eigenvalue weighted by molar-refractivity contribution is 0.492. The van der Waals surface area contributed by atoms with Gasteiger partial charge < -0.3 is 10.2 Å². The highest BCUT2D eigenvalue weighted by Gasteiger charge is 2.30. The van der Waals surface area contributed by atoms with Gasteiger partial charge in [-0.15, -0.1) is 0 Å². The van der Waals surface area contributed by atoms with E-state index in [0.717, 1.165) is 12.1 Å². The van der Waals surface area contributed by atoms with E-state index in [1.807, 2.05) is 0 Å². The zero-order valence-electron chi connectivity index (χ0n) is 9.41. The first-order chi connectivity index (χ1) is 8.55. The molecule has 0 aliphatic rings. The second-order valence-corrected chi connectivity index (χ2v) is 5.87. The Kier molecular flexibility index (Phi) is 3.49. The third-order valence-electron chi connectivity index (χ3n) is 2.59. The second-order valence-electron chi connectivity index (χ2n) is 3.74. The highest BCUT2D eigenvalue weighted by atomic mass is 32.2. The van der Waals surface area contributed by atoms with E-state index in [4.69, 9.17) is 10.2 Å². The molecule has 6 heteroatoms. The SMILES string of the molecule is NCC(c1ccco1)S(=O)(=O)c1ccc(F)cc1. The molecule has 0 aliphatic heterocycles. The van der Waals surface area contributed by atoms with Crippen LogP contribution in [0.15, 0.2) is 52.0 Å². The zero-order valence-corrected chi connectivity index (χ0v) is 10.2. The third kappa shape index (κ3) is 2.30. The van der Waals surface area contributed by atoms with E-state index >= 15 is 0 Å². The Bertz CT molecular complexity index is 605. The van der Waals surface area contributed by atoms with Crippen molar-refractivity contribution in [2.45, 2.75) is 10.1 Å². The largest absolute Gasteiger partial charge is 0.468 e. The van der Waals surface area contributed by atoms with Crippen LogP contribution < -0.4 is 5.73 Å². The van der Waals surface area contributed by atoms with Crippen molar-refractivity contribution in [2.75, 3.05) is 6.54 Å². The molecular formula is C12H12FNO3S. The zero-order chi connectivity index (χ0) is 13.2. The monoisotopic (exact) mass is 269 g/mol. The molecular weight excluding hydrogens is 257 g/mol. The fraction of sp³-hybridized carbons (Fsp3) is 0.167. The Labute approximate surface area is 104 Å². The Morgan fingerprint density at radius 3 is 2.39 bits per heavy atom. The van der Waals surface area contributed by atoms with Gasteiger partial charge in [0.2, 0.25) is 0 Å². The minimum atomic E-state index is -3.68. The van der Waals surface area contributed by atoms with Crippen LogP contribution in [0.2, 0.25) is 0 Å². The van der Waals surface area contributed by atoms with Crippen LogP contribution in [-0.2, 0) is 9.84 Å². The van der Waals surface area contributed by atoms with Crippen LogP contribution in [0.25, 0.3) is 0 Å². The third-order valence-corrected chi connectivity index (χ3v) is 4.69. The Hall–Kier alpha value is -1.66. The molecule has 18 heavy (non-hydrogen) atoms. The van der Waals surface area contributed by atoms with E-state index in [1.54, 1.807) is 12.1 Å². The van der Waals surface area contributed by atoms with Gasteiger partial charge in [0.1, 0.15) is 16.8 Å². The van der Waals surface area contributed by atoms with Crippen LogP contribution in [0.5, 0.6) is 0 Å². The van der Waals surface area contributed by atoms with Gasteiger partial charge in [-0.05, 0) is 36.4 Å². The number of hydrogen-bond acceptors (Lipinski definition) is 4. The molecule has 1 heterocycles. The summed E-state index contributed by atoms with van der Waals surface area (Å²) in [5.41, 5.74) is 5.50. The van der Waals surface area contributed by atoms with Crippen LogP contribution in [0.4, 0.5) is 4.39 Å². The summed E-state index contributed by atoms with van der Waals surface area (Å²) < 4.78 is 42.5. The van der Waals surface area contributed by atoms with Crippen LogP contribution in [0, 0.1) is 5.82 Å². The van der Waals surface area contributed by atoms with Crippen LogP contribution in [-0.4, -0.2) is 15.0 Å². The van der Waals surface area contributed by atoms with Gasteiger partial charge >= 0.3 is 0 Å². The first kappa shape index (κ1) is 12.8. The molecule has 4 nitrogen and oxygen atoms in total. The predicted octanol–water partition coefficient (Wildman–Crippen LogP) is 1.89. The first-order valence-electron chi connectivity index (χ1n) is 5.28. The molecule has 96 valence electrons. The number of rotatable bonds is 4. The molecule has 2 aromatic rings. The fourth-order valence-corrected chi connectivity index (χ4v) is 3.20. The van der Waals surface area contributed by atoms with Crippen molar-refractivity contribution in [3.05, 3.63) is 54.2 Å². The number of halogens is 1. The summed E-state index contributed by atoms with van der Waals surface area (Å²) in [6, 6.07) is 7.79. The Morgan fingerprint density at radius 1 is 1.22 bits per heavy atom. The molecule has 1 aromatic heterocycles. The van der Waals surface area contributed by atoms with Gasteiger partial charge in [-0.1, -0.05) is 0 Å². The molecule has 0 aliphatic carbocycles. The van der Waals surface area contributed by atoms with Crippen LogP contribution in [0.3, 0.4) is 0 Å². The van der Waals surface area contributed by atoms with E-state index < -0.39 is 20.9 Å². The predicted molar refractivity (Wildman–Crippen MR) is 64.1 cm³/mol. The van der Waals surface area contributed by atoms with Gasteiger partial charge in [-0.25, -0.2) is 12.8 Å². The van der Waals surface area contributed by atoms with Crippen molar-refractivity contribution in [1.29, 1.82) is 0 Å². The maximum absolute atomic E-state index is 12.8. The summed E-state index contributed by atoms with van der Waals surface area (Å²) in [5.74, 6) is -0.210. The van der Waals surface area contributed by atoms with Crippen LogP contribution in [0.1, 0.15) is 11.0 Å². The van der Waals surface area contributed by atoms with Gasteiger partial charge in [-0.2, -0.15) is 0 Å². The molecule has 2 N–H and O–H groups in total. The van der Waals surface area contributed by atoms with Crippen molar-refractivity contribution in [3.8, 4) is 0 Å². The van der Waals surface area contributed by atoms with Crippen molar-refractivity contribution >= 4 is 9.84 Å². The number of nitrogens with two attached hydrogens (primary N) is 1. The normalized spacial score (nSPS) is 13.4. The highest BCUT2D eigenvalue weighted by Crippen LogP contribution is 2.28. The number of sulfone groups is 1. The molecule has 0 radical (unpaired) electrons. The molecule has 0 spiro atoms. The molecule has 0 fully saturated rings. The standard InChI is InChI=1S/C12H12FNO3S/c13-9-3-5-10(6-4-9)18(15,16)12(8-14)11-2-1-7-17-11/h1-7,12H,8,14H2. The van der Waals surface area contributed by atoms with Gasteiger partial charge in [0.15, 0.2) is 9.84 Å². The smallest absolute Gasteiger partial charge is 0.189 e. The van der Waals surface area contributed by atoms with Gasteiger partial charge in [0.05, 0.1) is 11.2 Å². The molecule has 1 aromatic carbocycles. The minimum absolute atomic E-state index is 0.0238. The van der Waals surface area contributed by atoms with E-state index in [1.165, 1.54) is 18.4 Å². The maximum atomic E-state index is 12.8. The van der Waals surface area contributed by atoms with Gasteiger partial charge in [0.25, 0.3) is 0 Å². The van der Waals surface area contributed by atoms with E-state index in [0.29, 0.717) is 0 Å². The fourth-order valence-electron chi connectivity index (χ4n) is 1.66. The number of benzene rings is 1. The quantitative estimate of drug-likeness (QED) is 0.860. The maximum Gasteiger partial charge on any atom is 0.189 e. The highest BCUT2D eigenvalue weighted by molar-refractivity contribution is 7.91. The van der Waals surface area contributed by atoms with Crippen molar-refractivity contribution in [2.24, 2.45) is 5.73 Å². The van der Waals surface area contributed by atoms with Crippen LogP contribution >= 0.6 is 0 Å². The molecule has 0 saturated carbocycles. The number of furan rings is 1. The van der Waals surface area contributed by atoms with Gasteiger partial charge in [-0.3, -0.25) is 0 Å². The summed E-state index contributed by atoms with van der Waals surface area (Å²) >= 11 is 0. The lowest BCUT2D eigenvalue weighted by Gasteiger charge is -2.13. The van der Waals surface area contributed by atoms with E-state index in [-0.39, 0.29) is 17.2 Å². The molecule has 0 saturated heterocycles. The van der Waals surface area contributed by atoms with Gasteiger partial charge in [0, 0.05) is 6.54 Å². The molecule has 1 unspecified atom stereocenters. The second kappa shape index (κ2) is 4.91. The topological polar surface area (TPSA) is 73.3 Å². The molecule has 1 atom stereocenters. The summed E-state index contributed by atoms with van der Waals surface area (Å²) in [7, 11) is -3.68. The summed E-state index contributed by atoms with van der Waals surface area (Å²) in [5, 5.41) is -0.960. The molecule has 0 amide bonds. The lowest BCUT2D eigenvalue weighted by atomic mass is 10.3. The summed E-state index contributed by atoms with van der Waals surface area (Å²) in [6.45, 7) is -0.104. The summed E-state index contributed by atoms with van der Waals surface area (Å²) in [4.78, 5) is 0.0238. The molecule has 2 rings (SSSR count). The first-order valence-corrected chi connectivity index (χ1v) is 6.83. The number of hydrogen-bond donors (Lipinski definition) is 1. The van der Waals surface area contributed by atoms with Crippen molar-refractivity contribution in [3.63, 3.8) is 0 Å². The summed E-state index contributed by atoms with van der Waals surface area (Å²) in [6.07, 6.45) is 1.39. The van der Waals surface area contributed by atoms with E-state index in [9.17, 15) is 12.8 Å². The average molecular weight is 269 g/mol. The average Bonchev–Trinajstić information content (AvgIpc) is 2.84. The Balaban J connectivity index is 2.44. The Morgan fingerprint density at radius 2 is 1.89 bits per heavy atom. The minimum Gasteiger partial charge on any atom is -0.468 e. The molecule has 0 bridgehead atoms. The van der Waals surface area contributed by atoms with E-state index in [2.05, 4.69) is 0 Å². The van der Waals surface area contributed by atoms with Crippen molar-refractivity contribution in [1.82, 2.24) is 0 Å².